The Kier molecular flexibility index (Phi) is 3.27. The van der Waals surface area contributed by atoms with Gasteiger partial charge in [-0.2, -0.15) is 0 Å². The maximum absolute atomic E-state index is 13.4. The van der Waals surface area contributed by atoms with Crippen LogP contribution in [0.5, 0.6) is 0 Å². The summed E-state index contributed by atoms with van der Waals surface area (Å²) >= 11 is 0. The fraction of sp³-hybridized carbons (Fsp3) is 0.474. The normalized spacial score (nSPS) is 25.1. The summed E-state index contributed by atoms with van der Waals surface area (Å²) in [5, 5.41) is 1.06. The molecule has 2 aliphatic heterocycles. The summed E-state index contributed by atoms with van der Waals surface area (Å²) < 4.78 is 18.8. The Labute approximate surface area is 144 Å². The molecule has 2 bridgehead atoms. The van der Waals surface area contributed by atoms with E-state index in [0.29, 0.717) is 17.3 Å². The van der Waals surface area contributed by atoms with Gasteiger partial charge >= 0.3 is 6.09 Å². The number of amides is 1. The van der Waals surface area contributed by atoms with Crippen molar-refractivity contribution in [2.24, 2.45) is 0 Å². The zero-order chi connectivity index (χ0) is 18.0. The molecule has 0 radical (unpaired) electrons. The molecule has 1 aliphatic carbocycles. The van der Waals surface area contributed by atoms with Crippen LogP contribution in [0.2, 0.25) is 0 Å². The van der Waals surface area contributed by atoms with E-state index >= 15 is 0 Å². The molecule has 0 spiro atoms. The summed E-state index contributed by atoms with van der Waals surface area (Å²) in [5.41, 5.74) is -0.235. The van der Waals surface area contributed by atoms with Crippen LogP contribution >= 0.6 is 0 Å². The molecule has 2 saturated heterocycles. The predicted octanol–water partition coefficient (Wildman–Crippen LogP) is 3.32. The second kappa shape index (κ2) is 5.07. The van der Waals surface area contributed by atoms with Crippen molar-refractivity contribution >= 4 is 16.9 Å². The van der Waals surface area contributed by atoms with Crippen LogP contribution in [-0.4, -0.2) is 34.2 Å². The minimum atomic E-state index is -0.529. The van der Waals surface area contributed by atoms with Crippen molar-refractivity contribution in [1.29, 1.82) is 0 Å². The van der Waals surface area contributed by atoms with Gasteiger partial charge < -0.3 is 14.6 Å². The molecule has 2 aromatic rings. The van der Waals surface area contributed by atoms with E-state index in [2.05, 4.69) is 4.98 Å². The molecule has 5 rings (SSSR count). The van der Waals surface area contributed by atoms with Gasteiger partial charge in [0.1, 0.15) is 11.4 Å². The third kappa shape index (κ3) is 2.60. The first kappa shape index (κ1) is 16.1. The lowest BCUT2D eigenvalue weighted by atomic mass is 9.67. The van der Waals surface area contributed by atoms with Gasteiger partial charge in [0, 0.05) is 29.1 Å². The molecule has 6 heteroatoms. The highest BCUT2D eigenvalue weighted by Crippen LogP contribution is 2.53. The lowest BCUT2D eigenvalue weighted by Crippen LogP contribution is -2.41. The fourth-order valence-electron chi connectivity index (χ4n) is 4.00. The maximum atomic E-state index is 13.4. The van der Waals surface area contributed by atoms with Gasteiger partial charge in [0.05, 0.1) is 0 Å². The van der Waals surface area contributed by atoms with Gasteiger partial charge in [0.2, 0.25) is 0 Å². The third-order valence-electron chi connectivity index (χ3n) is 5.17. The highest BCUT2D eigenvalue weighted by molar-refractivity contribution is 5.82. The molecule has 3 fully saturated rings. The Hall–Kier alpha value is -2.37. The van der Waals surface area contributed by atoms with Crippen LogP contribution in [-0.2, 0) is 10.2 Å². The van der Waals surface area contributed by atoms with Crippen molar-refractivity contribution in [3.8, 4) is 0 Å². The highest BCUT2D eigenvalue weighted by atomic mass is 19.1. The number of aromatic amines is 1. The Bertz CT molecular complexity index is 922. The van der Waals surface area contributed by atoms with E-state index < -0.39 is 11.4 Å². The predicted molar refractivity (Wildman–Crippen MR) is 92.2 cm³/mol. The van der Waals surface area contributed by atoms with Gasteiger partial charge in [-0.3, -0.25) is 4.79 Å². The number of ether oxygens (including phenoxy) is 1. The molecule has 1 saturated carbocycles. The van der Waals surface area contributed by atoms with E-state index in [4.69, 9.17) is 4.74 Å². The van der Waals surface area contributed by atoms with Crippen LogP contribution < -0.4 is 5.56 Å². The minimum absolute atomic E-state index is 0.155. The van der Waals surface area contributed by atoms with Crippen LogP contribution in [0.4, 0.5) is 9.18 Å². The molecule has 1 aromatic carbocycles. The number of carbonyl (C=O) groups excluding carboxylic acids is 1. The van der Waals surface area contributed by atoms with Gasteiger partial charge in [-0.25, -0.2) is 9.18 Å². The van der Waals surface area contributed by atoms with Crippen molar-refractivity contribution in [2.45, 2.75) is 50.7 Å². The summed E-state index contributed by atoms with van der Waals surface area (Å²) in [6.07, 6.45) is 1.33. The zero-order valence-electron chi connectivity index (χ0n) is 14.6. The molecule has 5 nitrogen and oxygen atoms in total. The van der Waals surface area contributed by atoms with Crippen LogP contribution in [0.15, 0.2) is 29.1 Å². The van der Waals surface area contributed by atoms with Gasteiger partial charge in [0.25, 0.3) is 5.56 Å². The molecule has 1 N–H and O–H groups in total. The van der Waals surface area contributed by atoms with E-state index in [1.165, 1.54) is 12.1 Å². The summed E-state index contributed by atoms with van der Waals surface area (Å²) in [7, 11) is 0. The molecule has 1 aromatic heterocycles. The third-order valence-corrected chi connectivity index (χ3v) is 5.17. The molecule has 0 unspecified atom stereocenters. The monoisotopic (exact) mass is 344 g/mol. The standard InChI is InChI=1S/C19H21FN2O3/c1-18(2,3)25-17(24)22-10-19(8-13(22)9-19)15-6-11-4-5-12(20)7-14(11)16(23)21-15/h4-7,13H,8-10H2,1-3H3,(H,21,23). The largest absolute Gasteiger partial charge is 0.444 e. The number of carbonyl (C=O) groups is 1. The van der Waals surface area contributed by atoms with Crippen molar-refractivity contribution < 1.29 is 13.9 Å². The van der Waals surface area contributed by atoms with Gasteiger partial charge in [-0.05, 0) is 57.2 Å². The summed E-state index contributed by atoms with van der Waals surface area (Å²) in [6, 6.07) is 6.29. The molecular weight excluding hydrogens is 323 g/mol. The molecule has 1 amide bonds. The van der Waals surface area contributed by atoms with Gasteiger partial charge in [-0.1, -0.05) is 6.07 Å². The minimum Gasteiger partial charge on any atom is -0.444 e. The Morgan fingerprint density at radius 2 is 2.04 bits per heavy atom. The number of rotatable bonds is 1. The summed E-state index contributed by atoms with van der Waals surface area (Å²) in [4.78, 5) is 29.4. The quantitative estimate of drug-likeness (QED) is 0.863. The molecule has 3 heterocycles. The number of pyridine rings is 1. The number of hydrogen-bond donors (Lipinski definition) is 1. The lowest BCUT2D eigenvalue weighted by molar-refractivity contribution is 0.0246. The number of hydrogen-bond acceptors (Lipinski definition) is 3. The maximum Gasteiger partial charge on any atom is 0.410 e. The highest BCUT2D eigenvalue weighted by Gasteiger charge is 2.58. The number of fused-ring (bicyclic) bond motifs is 2. The lowest BCUT2D eigenvalue weighted by Gasteiger charge is -2.36. The van der Waals surface area contributed by atoms with E-state index in [1.807, 2.05) is 26.8 Å². The Morgan fingerprint density at radius 1 is 1.32 bits per heavy atom. The second-order valence-electron chi connectivity index (χ2n) is 8.19. The first-order chi connectivity index (χ1) is 11.7. The van der Waals surface area contributed by atoms with Crippen molar-refractivity contribution in [3.05, 3.63) is 46.1 Å². The number of benzene rings is 1. The van der Waals surface area contributed by atoms with E-state index in [-0.39, 0.29) is 23.1 Å². The van der Waals surface area contributed by atoms with Crippen LogP contribution in [0, 0.1) is 5.82 Å². The van der Waals surface area contributed by atoms with Crippen LogP contribution in [0.1, 0.15) is 39.3 Å². The molecule has 25 heavy (non-hydrogen) atoms. The Morgan fingerprint density at radius 3 is 2.72 bits per heavy atom. The van der Waals surface area contributed by atoms with Crippen molar-refractivity contribution in [2.75, 3.05) is 6.54 Å². The van der Waals surface area contributed by atoms with Crippen LogP contribution in [0.3, 0.4) is 0 Å². The average Bonchev–Trinajstić information content (AvgIpc) is 3.02. The topological polar surface area (TPSA) is 62.4 Å². The average molecular weight is 344 g/mol. The summed E-state index contributed by atoms with van der Waals surface area (Å²) in [5.74, 6) is -0.426. The SMILES string of the molecule is CC(C)(C)OC(=O)N1CC2(c3cc4ccc(F)cc4c(=O)[nH]3)CC1C2. The molecule has 3 aliphatic rings. The number of aromatic nitrogens is 1. The summed E-state index contributed by atoms with van der Waals surface area (Å²) in [6.45, 7) is 6.08. The first-order valence-corrected chi connectivity index (χ1v) is 8.50. The molecular formula is C19H21FN2O3. The zero-order valence-corrected chi connectivity index (χ0v) is 14.6. The number of nitrogens with one attached hydrogen (secondary N) is 1. The molecule has 132 valence electrons. The molecule has 0 atom stereocenters. The van der Waals surface area contributed by atoms with Crippen LogP contribution in [0.25, 0.3) is 10.8 Å². The van der Waals surface area contributed by atoms with E-state index in [9.17, 15) is 14.0 Å². The first-order valence-electron chi connectivity index (χ1n) is 8.50. The van der Waals surface area contributed by atoms with E-state index in [1.54, 1.807) is 11.0 Å². The number of nitrogens with zero attached hydrogens (tertiary/aromatic N) is 1. The smallest absolute Gasteiger partial charge is 0.410 e. The number of H-pyrrole nitrogens is 1. The fourth-order valence-corrected chi connectivity index (χ4v) is 4.00. The van der Waals surface area contributed by atoms with Gasteiger partial charge in [0.15, 0.2) is 0 Å². The van der Waals surface area contributed by atoms with Crippen molar-refractivity contribution in [1.82, 2.24) is 9.88 Å². The van der Waals surface area contributed by atoms with Crippen molar-refractivity contribution in [3.63, 3.8) is 0 Å². The van der Waals surface area contributed by atoms with Gasteiger partial charge in [-0.15, -0.1) is 0 Å². The van der Waals surface area contributed by atoms with E-state index in [0.717, 1.165) is 18.5 Å². The Balaban J connectivity index is 1.64. The number of halogens is 1. The second-order valence-corrected chi connectivity index (χ2v) is 8.19.